The predicted molar refractivity (Wildman–Crippen MR) is 94.1 cm³/mol. The molecule has 0 bridgehead atoms. The minimum absolute atomic E-state index is 0.216. The number of esters is 1. The largest absolute Gasteiger partial charge is 0.497 e. The number of nitrogens with one attached hydrogen (secondary N) is 1. The number of hydrogen-bond acceptors (Lipinski definition) is 5. The molecular formula is C19H17FN2O4. The van der Waals surface area contributed by atoms with Crippen molar-refractivity contribution < 1.29 is 23.5 Å². The Morgan fingerprint density at radius 1 is 1.23 bits per heavy atom. The average Bonchev–Trinajstić information content (AvgIpc) is 2.77. The average molecular weight is 356 g/mol. The van der Waals surface area contributed by atoms with Crippen molar-refractivity contribution in [2.24, 2.45) is 4.99 Å². The number of benzene rings is 2. The van der Waals surface area contributed by atoms with E-state index in [9.17, 15) is 14.0 Å². The number of hydrogen-bond donors (Lipinski definition) is 1. The van der Waals surface area contributed by atoms with Gasteiger partial charge in [0, 0.05) is 11.1 Å². The Labute approximate surface area is 149 Å². The molecule has 1 amide bonds. The highest BCUT2D eigenvalue weighted by Gasteiger charge is 2.28. The van der Waals surface area contributed by atoms with Gasteiger partial charge in [-0.15, -0.1) is 0 Å². The number of halogens is 1. The third-order valence-corrected chi connectivity index (χ3v) is 4.01. The van der Waals surface area contributed by atoms with Crippen LogP contribution in [0.1, 0.15) is 17.5 Å². The highest BCUT2D eigenvalue weighted by molar-refractivity contribution is 6.20. The van der Waals surface area contributed by atoms with Gasteiger partial charge < -0.3 is 14.8 Å². The van der Waals surface area contributed by atoms with E-state index in [2.05, 4.69) is 15.0 Å². The molecule has 1 heterocycles. The van der Waals surface area contributed by atoms with E-state index in [1.54, 1.807) is 30.3 Å². The molecule has 1 aliphatic rings. The molecule has 3 rings (SSSR count). The third kappa shape index (κ3) is 3.56. The molecule has 0 unspecified atom stereocenters. The lowest BCUT2D eigenvalue weighted by atomic mass is 10.00. The van der Waals surface area contributed by atoms with Crippen LogP contribution in [0, 0.1) is 5.82 Å². The Morgan fingerprint density at radius 2 is 2.04 bits per heavy atom. The van der Waals surface area contributed by atoms with E-state index in [-0.39, 0.29) is 6.42 Å². The molecule has 0 saturated heterocycles. The van der Waals surface area contributed by atoms with Crippen molar-refractivity contribution in [3.8, 4) is 5.75 Å². The van der Waals surface area contributed by atoms with Gasteiger partial charge in [-0.3, -0.25) is 14.6 Å². The zero-order valence-corrected chi connectivity index (χ0v) is 14.3. The van der Waals surface area contributed by atoms with Crippen LogP contribution < -0.4 is 10.1 Å². The number of carbonyl (C=O) groups excluding carboxylic acids is 2. The lowest BCUT2D eigenvalue weighted by Gasteiger charge is -2.11. The van der Waals surface area contributed by atoms with Crippen LogP contribution in [0.5, 0.6) is 5.75 Å². The van der Waals surface area contributed by atoms with Gasteiger partial charge in [0.15, 0.2) is 0 Å². The molecule has 2 aromatic carbocycles. The second kappa shape index (κ2) is 7.35. The minimum atomic E-state index is -0.987. The van der Waals surface area contributed by atoms with Gasteiger partial charge in [-0.05, 0) is 30.3 Å². The summed E-state index contributed by atoms with van der Waals surface area (Å²) in [6.45, 7) is 0. The summed E-state index contributed by atoms with van der Waals surface area (Å²) in [6, 6.07) is 10.00. The second-order valence-electron chi connectivity index (χ2n) is 5.68. The molecule has 1 N–H and O–H groups in total. The summed E-state index contributed by atoms with van der Waals surface area (Å²) in [5.41, 5.74) is 1.97. The van der Waals surface area contributed by atoms with Crippen LogP contribution in [0.3, 0.4) is 0 Å². The first-order valence-electron chi connectivity index (χ1n) is 7.91. The lowest BCUT2D eigenvalue weighted by molar-refractivity contribution is -0.142. The van der Waals surface area contributed by atoms with E-state index >= 15 is 0 Å². The molecule has 1 aliphatic heterocycles. The summed E-state index contributed by atoms with van der Waals surface area (Å²) < 4.78 is 23.6. The monoisotopic (exact) mass is 356 g/mol. The van der Waals surface area contributed by atoms with Gasteiger partial charge in [0.05, 0.1) is 32.0 Å². The number of anilines is 1. The van der Waals surface area contributed by atoms with Crippen molar-refractivity contribution in [2.75, 3.05) is 19.5 Å². The zero-order valence-electron chi connectivity index (χ0n) is 14.3. The van der Waals surface area contributed by atoms with Crippen LogP contribution >= 0.6 is 0 Å². The number of benzodiazepines with no additional fused rings is 1. The van der Waals surface area contributed by atoms with Crippen LogP contribution in [0.2, 0.25) is 0 Å². The first kappa shape index (κ1) is 17.6. The summed E-state index contributed by atoms with van der Waals surface area (Å²) >= 11 is 0. The van der Waals surface area contributed by atoms with Gasteiger partial charge in [-0.1, -0.05) is 12.1 Å². The van der Waals surface area contributed by atoms with Crippen LogP contribution in [0.4, 0.5) is 10.1 Å². The molecule has 6 nitrogen and oxygen atoms in total. The van der Waals surface area contributed by atoms with Crippen molar-refractivity contribution >= 4 is 23.3 Å². The van der Waals surface area contributed by atoms with Gasteiger partial charge in [0.1, 0.15) is 17.6 Å². The molecule has 26 heavy (non-hydrogen) atoms. The van der Waals surface area contributed by atoms with E-state index in [1.807, 2.05) is 0 Å². The van der Waals surface area contributed by atoms with Crippen LogP contribution in [-0.4, -0.2) is 37.8 Å². The smallest absolute Gasteiger partial charge is 0.308 e. The van der Waals surface area contributed by atoms with Crippen molar-refractivity contribution in [3.05, 3.63) is 59.4 Å². The maximum atomic E-state index is 13.7. The Kier molecular flexibility index (Phi) is 4.97. The summed E-state index contributed by atoms with van der Waals surface area (Å²) in [5.74, 6) is -0.861. The minimum Gasteiger partial charge on any atom is -0.497 e. The predicted octanol–water partition coefficient (Wildman–Crippen LogP) is 2.56. The molecule has 0 saturated carbocycles. The Bertz CT molecular complexity index is 895. The maximum absolute atomic E-state index is 13.7. The number of amides is 1. The second-order valence-corrected chi connectivity index (χ2v) is 5.68. The molecule has 0 spiro atoms. The standard InChI is InChI=1S/C19H17FN2O4/c1-25-13-6-7-15-14(9-13)18(11-4-3-5-12(20)8-11)21-16(19(24)22-15)10-17(23)26-2/h3-9,16H,10H2,1-2H3,(H,22,24)/t16-/m0/s1. The van der Waals surface area contributed by atoms with E-state index in [0.29, 0.717) is 28.3 Å². The van der Waals surface area contributed by atoms with Crippen LogP contribution in [-0.2, 0) is 14.3 Å². The van der Waals surface area contributed by atoms with Crippen LogP contribution in [0.15, 0.2) is 47.5 Å². The molecule has 1 atom stereocenters. The first-order valence-corrected chi connectivity index (χ1v) is 7.91. The summed E-state index contributed by atoms with van der Waals surface area (Å²) in [6.07, 6.45) is -0.216. The normalized spacial score (nSPS) is 16.0. The van der Waals surface area contributed by atoms with Gasteiger partial charge in [-0.25, -0.2) is 4.39 Å². The fourth-order valence-corrected chi connectivity index (χ4v) is 2.70. The van der Waals surface area contributed by atoms with E-state index in [1.165, 1.54) is 26.4 Å². The van der Waals surface area contributed by atoms with Crippen molar-refractivity contribution in [2.45, 2.75) is 12.5 Å². The number of aliphatic imine (C=N–C) groups is 1. The van der Waals surface area contributed by atoms with E-state index < -0.39 is 23.7 Å². The molecular weight excluding hydrogens is 339 g/mol. The molecule has 0 aliphatic carbocycles. The number of rotatable bonds is 4. The van der Waals surface area contributed by atoms with E-state index in [0.717, 1.165) is 0 Å². The fraction of sp³-hybridized carbons (Fsp3) is 0.211. The lowest BCUT2D eigenvalue weighted by Crippen LogP contribution is -2.28. The Hall–Kier alpha value is -3.22. The van der Waals surface area contributed by atoms with Gasteiger partial charge in [-0.2, -0.15) is 0 Å². The molecule has 134 valence electrons. The number of fused-ring (bicyclic) bond motifs is 1. The number of ether oxygens (including phenoxy) is 2. The number of methoxy groups -OCH3 is 2. The van der Waals surface area contributed by atoms with Crippen molar-refractivity contribution in [1.82, 2.24) is 0 Å². The fourth-order valence-electron chi connectivity index (χ4n) is 2.70. The van der Waals surface area contributed by atoms with Gasteiger partial charge in [0.2, 0.25) is 5.91 Å². The molecule has 0 radical (unpaired) electrons. The van der Waals surface area contributed by atoms with Gasteiger partial charge >= 0.3 is 5.97 Å². The molecule has 7 heteroatoms. The molecule has 0 aromatic heterocycles. The molecule has 0 fully saturated rings. The highest BCUT2D eigenvalue weighted by Crippen LogP contribution is 2.29. The maximum Gasteiger partial charge on any atom is 0.308 e. The van der Waals surface area contributed by atoms with Crippen LogP contribution in [0.25, 0.3) is 0 Å². The topological polar surface area (TPSA) is 77.0 Å². The quantitative estimate of drug-likeness (QED) is 0.854. The number of carbonyl (C=O) groups is 2. The highest BCUT2D eigenvalue weighted by atomic mass is 19.1. The van der Waals surface area contributed by atoms with Gasteiger partial charge in [0.25, 0.3) is 0 Å². The Morgan fingerprint density at radius 3 is 2.73 bits per heavy atom. The Balaban J connectivity index is 2.17. The first-order chi connectivity index (χ1) is 12.5. The number of nitrogens with zero attached hydrogens (tertiary/aromatic N) is 1. The summed E-state index contributed by atoms with van der Waals surface area (Å²) in [5, 5.41) is 2.76. The summed E-state index contributed by atoms with van der Waals surface area (Å²) in [4.78, 5) is 28.6. The zero-order chi connectivity index (χ0) is 18.7. The SMILES string of the molecule is COC(=O)C[C@@H]1N=C(c2cccc(F)c2)c2cc(OC)ccc2NC1=O. The molecule has 2 aromatic rings. The van der Waals surface area contributed by atoms with Crippen molar-refractivity contribution in [1.29, 1.82) is 0 Å². The van der Waals surface area contributed by atoms with Crippen molar-refractivity contribution in [3.63, 3.8) is 0 Å². The van der Waals surface area contributed by atoms with E-state index in [4.69, 9.17) is 4.74 Å². The summed E-state index contributed by atoms with van der Waals surface area (Å²) in [7, 11) is 2.77. The third-order valence-electron chi connectivity index (χ3n) is 4.01.